The van der Waals surface area contributed by atoms with Gasteiger partial charge >= 0.3 is 0 Å². The third kappa shape index (κ3) is 4.36. The van der Waals surface area contributed by atoms with Crippen LogP contribution in [0.15, 0.2) is 47.3 Å². The Morgan fingerprint density at radius 2 is 2.00 bits per heavy atom. The Balaban J connectivity index is 1.56. The minimum atomic E-state index is 0.347. The Bertz CT molecular complexity index is 562. The van der Waals surface area contributed by atoms with Gasteiger partial charge in [-0.15, -0.1) is 0 Å². The molecule has 0 spiro atoms. The van der Waals surface area contributed by atoms with Crippen LogP contribution in [0.25, 0.3) is 0 Å². The molecule has 4 heteroatoms. The lowest BCUT2D eigenvalue weighted by Crippen LogP contribution is -2.34. The van der Waals surface area contributed by atoms with E-state index in [2.05, 4.69) is 41.5 Å². The third-order valence-corrected chi connectivity index (χ3v) is 3.97. The summed E-state index contributed by atoms with van der Waals surface area (Å²) in [4.78, 5) is 2.27. The first-order valence-electron chi connectivity index (χ1n) is 7.95. The number of piperidine rings is 1. The number of rotatable bonds is 6. The second-order valence-corrected chi connectivity index (χ2v) is 6.02. The molecule has 3 rings (SSSR count). The van der Waals surface area contributed by atoms with E-state index >= 15 is 0 Å². The predicted molar refractivity (Wildman–Crippen MR) is 86.8 cm³/mol. The molecule has 1 aromatic carbocycles. The first-order chi connectivity index (χ1) is 10.8. The zero-order valence-corrected chi connectivity index (χ0v) is 13.1. The van der Waals surface area contributed by atoms with Crippen LogP contribution < -0.4 is 10.1 Å². The maximum absolute atomic E-state index is 6.11. The summed E-state index contributed by atoms with van der Waals surface area (Å²) in [5.74, 6) is 0.987. The fourth-order valence-electron chi connectivity index (χ4n) is 2.88. The molecule has 1 aromatic heterocycles. The van der Waals surface area contributed by atoms with Gasteiger partial charge in [-0.25, -0.2) is 0 Å². The number of furan rings is 1. The molecule has 2 aromatic rings. The van der Waals surface area contributed by atoms with Crippen LogP contribution in [-0.2, 0) is 13.1 Å². The standard InChI is InChI=1S/C18H24N2O2/c1-20(13-16-7-10-21-14-16)12-15-3-2-4-18(11-15)22-17-5-8-19-9-6-17/h2-4,7,10-11,14,17,19H,5-6,8-9,12-13H2,1H3. The number of nitrogens with zero attached hydrogens (tertiary/aromatic N) is 1. The van der Waals surface area contributed by atoms with Crippen molar-refractivity contribution in [3.8, 4) is 5.75 Å². The maximum Gasteiger partial charge on any atom is 0.120 e. The molecular weight excluding hydrogens is 276 g/mol. The van der Waals surface area contributed by atoms with E-state index in [9.17, 15) is 0 Å². The minimum Gasteiger partial charge on any atom is -0.490 e. The molecule has 1 N–H and O–H groups in total. The fraction of sp³-hybridized carbons (Fsp3) is 0.444. The molecule has 22 heavy (non-hydrogen) atoms. The summed E-state index contributed by atoms with van der Waals surface area (Å²) in [6.45, 7) is 3.89. The highest BCUT2D eigenvalue weighted by atomic mass is 16.5. The van der Waals surface area contributed by atoms with Crippen LogP contribution in [0.1, 0.15) is 24.0 Å². The lowest BCUT2D eigenvalue weighted by Gasteiger charge is -2.24. The van der Waals surface area contributed by atoms with E-state index in [1.54, 1.807) is 12.5 Å². The van der Waals surface area contributed by atoms with E-state index in [0.29, 0.717) is 6.10 Å². The van der Waals surface area contributed by atoms with Gasteiger partial charge in [0.2, 0.25) is 0 Å². The summed E-state index contributed by atoms with van der Waals surface area (Å²) in [5, 5.41) is 3.36. The normalized spacial score (nSPS) is 16.1. The molecule has 0 radical (unpaired) electrons. The number of hydrogen-bond acceptors (Lipinski definition) is 4. The second kappa shape index (κ2) is 7.47. The van der Waals surface area contributed by atoms with E-state index < -0.39 is 0 Å². The Labute approximate surface area is 132 Å². The van der Waals surface area contributed by atoms with Gasteiger partial charge in [-0.1, -0.05) is 12.1 Å². The van der Waals surface area contributed by atoms with Crippen molar-refractivity contribution < 1.29 is 9.15 Å². The van der Waals surface area contributed by atoms with Gasteiger partial charge in [0.15, 0.2) is 0 Å². The zero-order chi connectivity index (χ0) is 15.2. The van der Waals surface area contributed by atoms with E-state index in [0.717, 1.165) is 44.8 Å². The van der Waals surface area contributed by atoms with Crippen molar-refractivity contribution in [2.45, 2.75) is 32.0 Å². The Kier molecular flexibility index (Phi) is 5.14. The minimum absolute atomic E-state index is 0.347. The number of hydrogen-bond donors (Lipinski definition) is 1. The molecule has 2 heterocycles. The summed E-state index contributed by atoms with van der Waals surface area (Å²) >= 11 is 0. The molecule has 0 atom stereocenters. The number of benzene rings is 1. The SMILES string of the molecule is CN(Cc1ccoc1)Cc1cccc(OC2CCNCC2)c1. The molecule has 118 valence electrons. The Morgan fingerprint density at radius 3 is 2.77 bits per heavy atom. The maximum atomic E-state index is 6.11. The average Bonchev–Trinajstić information content (AvgIpc) is 3.01. The van der Waals surface area contributed by atoms with E-state index in [-0.39, 0.29) is 0 Å². The van der Waals surface area contributed by atoms with Gasteiger partial charge in [0, 0.05) is 18.7 Å². The van der Waals surface area contributed by atoms with Gasteiger partial charge in [-0.3, -0.25) is 4.90 Å². The molecule has 0 unspecified atom stereocenters. The lowest BCUT2D eigenvalue weighted by molar-refractivity contribution is 0.162. The van der Waals surface area contributed by atoms with Crippen molar-refractivity contribution >= 4 is 0 Å². The van der Waals surface area contributed by atoms with Crippen molar-refractivity contribution in [1.29, 1.82) is 0 Å². The summed E-state index contributed by atoms with van der Waals surface area (Å²) < 4.78 is 11.2. The molecule has 0 amide bonds. The van der Waals surface area contributed by atoms with Crippen LogP contribution in [0.3, 0.4) is 0 Å². The molecule has 0 bridgehead atoms. The smallest absolute Gasteiger partial charge is 0.120 e. The summed E-state index contributed by atoms with van der Waals surface area (Å²) in [6.07, 6.45) is 6.04. The zero-order valence-electron chi connectivity index (χ0n) is 13.1. The Hall–Kier alpha value is -1.78. The Morgan fingerprint density at radius 1 is 1.18 bits per heavy atom. The van der Waals surface area contributed by atoms with E-state index in [4.69, 9.17) is 9.15 Å². The van der Waals surface area contributed by atoms with Crippen molar-refractivity contribution in [2.24, 2.45) is 0 Å². The highest BCUT2D eigenvalue weighted by Crippen LogP contribution is 2.19. The highest BCUT2D eigenvalue weighted by Gasteiger charge is 2.14. The van der Waals surface area contributed by atoms with Gasteiger partial charge < -0.3 is 14.5 Å². The first kappa shape index (κ1) is 15.1. The van der Waals surface area contributed by atoms with Gasteiger partial charge in [-0.05, 0) is 56.7 Å². The topological polar surface area (TPSA) is 37.6 Å². The average molecular weight is 300 g/mol. The van der Waals surface area contributed by atoms with Crippen LogP contribution in [0.5, 0.6) is 5.75 Å². The largest absolute Gasteiger partial charge is 0.490 e. The van der Waals surface area contributed by atoms with Crippen molar-refractivity contribution in [2.75, 3.05) is 20.1 Å². The van der Waals surface area contributed by atoms with Gasteiger partial charge in [0.1, 0.15) is 11.9 Å². The van der Waals surface area contributed by atoms with E-state index in [1.807, 2.05) is 6.07 Å². The van der Waals surface area contributed by atoms with Gasteiger partial charge in [0.05, 0.1) is 12.5 Å². The summed E-state index contributed by atoms with van der Waals surface area (Å²) in [5.41, 5.74) is 2.47. The highest BCUT2D eigenvalue weighted by molar-refractivity contribution is 5.28. The van der Waals surface area contributed by atoms with Gasteiger partial charge in [-0.2, -0.15) is 0 Å². The van der Waals surface area contributed by atoms with Crippen LogP contribution in [-0.4, -0.2) is 31.1 Å². The number of ether oxygens (including phenoxy) is 1. The molecule has 1 fully saturated rings. The lowest BCUT2D eigenvalue weighted by atomic mass is 10.1. The molecule has 4 nitrogen and oxygen atoms in total. The van der Waals surface area contributed by atoms with Crippen LogP contribution >= 0.6 is 0 Å². The predicted octanol–water partition coefficient (Wildman–Crippen LogP) is 3.04. The first-order valence-corrected chi connectivity index (χ1v) is 7.95. The summed E-state index contributed by atoms with van der Waals surface area (Å²) in [7, 11) is 2.12. The van der Waals surface area contributed by atoms with Crippen LogP contribution in [0.2, 0.25) is 0 Å². The molecule has 0 aliphatic carbocycles. The quantitative estimate of drug-likeness (QED) is 0.890. The van der Waals surface area contributed by atoms with E-state index in [1.165, 1.54) is 11.1 Å². The fourth-order valence-corrected chi connectivity index (χ4v) is 2.88. The third-order valence-electron chi connectivity index (χ3n) is 3.97. The molecule has 1 aliphatic heterocycles. The molecule has 0 saturated carbocycles. The number of nitrogens with one attached hydrogen (secondary N) is 1. The summed E-state index contributed by atoms with van der Waals surface area (Å²) in [6, 6.07) is 10.5. The monoisotopic (exact) mass is 300 g/mol. The van der Waals surface area contributed by atoms with Crippen LogP contribution in [0.4, 0.5) is 0 Å². The van der Waals surface area contributed by atoms with Crippen molar-refractivity contribution in [3.05, 3.63) is 54.0 Å². The van der Waals surface area contributed by atoms with Crippen molar-refractivity contribution in [3.63, 3.8) is 0 Å². The van der Waals surface area contributed by atoms with Crippen molar-refractivity contribution in [1.82, 2.24) is 10.2 Å². The molecular formula is C18H24N2O2. The van der Waals surface area contributed by atoms with Gasteiger partial charge in [0.25, 0.3) is 0 Å². The second-order valence-electron chi connectivity index (χ2n) is 6.02. The molecule has 1 aliphatic rings. The molecule has 1 saturated heterocycles. The van der Waals surface area contributed by atoms with Crippen LogP contribution in [0, 0.1) is 0 Å².